The van der Waals surface area contributed by atoms with Crippen LogP contribution in [0.5, 0.6) is 0 Å². The normalized spacial score (nSPS) is 14.7. The number of nitrogens with zero attached hydrogens (tertiary/aromatic N) is 1. The molecule has 3 nitrogen and oxygen atoms in total. The van der Waals surface area contributed by atoms with Crippen LogP contribution in [0.4, 0.5) is 5.69 Å². The summed E-state index contributed by atoms with van der Waals surface area (Å²) in [6.45, 7) is 0.0927. The first-order valence-corrected chi connectivity index (χ1v) is 7.00. The molecule has 0 atom stereocenters. The molecule has 0 saturated heterocycles. The average Bonchev–Trinajstić information content (AvgIpc) is 2.47. The maximum Gasteiger partial charge on any atom is 0.282 e. The minimum Gasteiger partial charge on any atom is -0.298 e. The van der Waals surface area contributed by atoms with Crippen molar-refractivity contribution in [1.29, 1.82) is 5.41 Å². The van der Waals surface area contributed by atoms with Gasteiger partial charge in [-0.25, -0.2) is 0 Å². The second-order valence-electron chi connectivity index (χ2n) is 2.99. The van der Waals surface area contributed by atoms with Gasteiger partial charge in [0.1, 0.15) is 10.2 Å². The Morgan fingerprint density at radius 2 is 1.53 bits per heavy atom. The van der Waals surface area contributed by atoms with Crippen LogP contribution in [0.1, 0.15) is 5.56 Å². The smallest absolute Gasteiger partial charge is 0.282 e. The molecule has 0 aliphatic carbocycles. The van der Waals surface area contributed by atoms with E-state index in [1.165, 1.54) is 0 Å². The molecule has 2 rings (SSSR count). The highest BCUT2D eigenvalue weighted by atomic mass is 79.9. The monoisotopic (exact) mass is 459 g/mol. The minimum absolute atomic E-state index is 0.0927. The van der Waals surface area contributed by atoms with Gasteiger partial charge < -0.3 is 0 Å². The predicted molar refractivity (Wildman–Crippen MR) is 72.2 cm³/mol. The third-order valence-electron chi connectivity index (χ3n) is 2.10. The Labute approximate surface area is 119 Å². The molecule has 1 aliphatic rings. The van der Waals surface area contributed by atoms with E-state index in [0.717, 1.165) is 18.2 Å². The molecule has 1 aromatic rings. The molecule has 0 saturated carbocycles. The summed E-state index contributed by atoms with van der Waals surface area (Å²) in [5.41, 5.74) is 1.47. The maximum atomic E-state index is 11.6. The van der Waals surface area contributed by atoms with Crippen LogP contribution in [0, 0.1) is 10.3 Å². The SMILES string of the molecule is N=C1C[N+](=O)c2c(Br)c(Br)c(Br)c(Br)c21. The number of nitroso groups, excluding NO2 is 1. The third kappa shape index (κ3) is 1.67. The second-order valence-corrected chi connectivity index (χ2v) is 6.17. The fourth-order valence-corrected chi connectivity index (χ4v) is 3.97. The topological polar surface area (TPSA) is 43.9 Å². The van der Waals surface area contributed by atoms with Crippen LogP contribution < -0.4 is 0 Å². The molecule has 1 N–H and O–H groups in total. The molecule has 1 heterocycles. The predicted octanol–water partition coefficient (Wildman–Crippen LogP) is 4.53. The largest absolute Gasteiger partial charge is 0.298 e. The lowest BCUT2D eigenvalue weighted by Crippen LogP contribution is -2.02. The molecular weight excluding hydrogens is 460 g/mol. The molecular formula is C8H3Br4N2O+. The van der Waals surface area contributed by atoms with Crippen LogP contribution in [0.15, 0.2) is 17.9 Å². The lowest BCUT2D eigenvalue weighted by atomic mass is 10.1. The summed E-state index contributed by atoms with van der Waals surface area (Å²) in [7, 11) is 0. The van der Waals surface area contributed by atoms with Crippen molar-refractivity contribution in [3.05, 3.63) is 28.4 Å². The first kappa shape index (κ1) is 11.9. The van der Waals surface area contributed by atoms with Crippen LogP contribution in [0.3, 0.4) is 0 Å². The van der Waals surface area contributed by atoms with Crippen LogP contribution in [0.2, 0.25) is 0 Å². The molecule has 78 valence electrons. The maximum absolute atomic E-state index is 11.6. The Bertz CT molecular complexity index is 467. The van der Waals surface area contributed by atoms with Gasteiger partial charge in [-0.2, -0.15) is 0 Å². The summed E-state index contributed by atoms with van der Waals surface area (Å²) in [4.78, 5) is 11.6. The zero-order chi connectivity index (χ0) is 11.3. The molecule has 0 amide bonds. The standard InChI is InChI=1S/C8H3Br4N2O/c9-4-3-2(13)1-14(15)8(3)7(12)6(11)5(4)10/h13H,1H2/q+1. The number of benzene rings is 1. The number of rotatable bonds is 0. The molecule has 0 bridgehead atoms. The van der Waals surface area contributed by atoms with Gasteiger partial charge in [0.15, 0.2) is 0 Å². The Morgan fingerprint density at radius 1 is 1.00 bits per heavy atom. The molecule has 0 spiro atoms. The molecule has 0 radical (unpaired) electrons. The van der Waals surface area contributed by atoms with Crippen molar-refractivity contribution in [3.8, 4) is 0 Å². The van der Waals surface area contributed by atoms with Crippen molar-refractivity contribution in [2.24, 2.45) is 0 Å². The van der Waals surface area contributed by atoms with E-state index in [2.05, 4.69) is 63.7 Å². The van der Waals surface area contributed by atoms with E-state index in [9.17, 15) is 4.91 Å². The fourth-order valence-electron chi connectivity index (χ4n) is 1.43. The zero-order valence-electron chi connectivity index (χ0n) is 7.07. The molecule has 15 heavy (non-hydrogen) atoms. The van der Waals surface area contributed by atoms with Crippen molar-refractivity contribution < 1.29 is 4.76 Å². The number of nitrogens with one attached hydrogen (secondary N) is 1. The fraction of sp³-hybridized carbons (Fsp3) is 0.125. The van der Waals surface area contributed by atoms with E-state index in [1.54, 1.807) is 0 Å². The summed E-state index contributed by atoms with van der Waals surface area (Å²) in [6.07, 6.45) is 0. The van der Waals surface area contributed by atoms with E-state index in [1.807, 2.05) is 0 Å². The van der Waals surface area contributed by atoms with Crippen LogP contribution >= 0.6 is 63.7 Å². The molecule has 0 unspecified atom stereocenters. The Balaban J connectivity index is 2.92. The highest BCUT2D eigenvalue weighted by molar-refractivity contribution is 9.15. The number of hydrogen-bond donors (Lipinski definition) is 1. The van der Waals surface area contributed by atoms with E-state index in [0.29, 0.717) is 21.4 Å². The molecule has 0 fully saturated rings. The molecule has 1 aromatic carbocycles. The Morgan fingerprint density at radius 3 is 2.13 bits per heavy atom. The van der Waals surface area contributed by atoms with E-state index >= 15 is 0 Å². The average molecular weight is 463 g/mol. The van der Waals surface area contributed by atoms with Crippen LogP contribution in [-0.4, -0.2) is 17.0 Å². The van der Waals surface area contributed by atoms with Gasteiger partial charge in [-0.05, 0) is 63.7 Å². The van der Waals surface area contributed by atoms with Crippen molar-refractivity contribution >= 4 is 75.1 Å². The lowest BCUT2D eigenvalue weighted by molar-refractivity contribution is -0.440. The quantitative estimate of drug-likeness (QED) is 0.344. The molecule has 0 aromatic heterocycles. The van der Waals surface area contributed by atoms with E-state index in [-0.39, 0.29) is 6.54 Å². The van der Waals surface area contributed by atoms with Gasteiger partial charge in [-0.1, -0.05) is 0 Å². The van der Waals surface area contributed by atoms with Gasteiger partial charge in [-0.3, -0.25) is 5.41 Å². The summed E-state index contributed by atoms with van der Waals surface area (Å²) in [5.74, 6) is 0. The highest BCUT2D eigenvalue weighted by Gasteiger charge is 2.39. The van der Waals surface area contributed by atoms with Crippen LogP contribution in [0.25, 0.3) is 0 Å². The van der Waals surface area contributed by atoms with E-state index < -0.39 is 0 Å². The van der Waals surface area contributed by atoms with Crippen molar-refractivity contribution in [3.63, 3.8) is 0 Å². The third-order valence-corrected chi connectivity index (χ3v) is 6.84. The summed E-state index contributed by atoms with van der Waals surface area (Å²) >= 11 is 13.5. The highest BCUT2D eigenvalue weighted by Crippen LogP contribution is 2.47. The van der Waals surface area contributed by atoms with Crippen LogP contribution in [-0.2, 0) is 0 Å². The summed E-state index contributed by atoms with van der Waals surface area (Å²) in [5, 5.41) is 7.74. The van der Waals surface area contributed by atoms with Crippen molar-refractivity contribution in [2.45, 2.75) is 0 Å². The van der Waals surface area contributed by atoms with Gasteiger partial charge in [0.2, 0.25) is 6.54 Å². The summed E-state index contributed by atoms with van der Waals surface area (Å²) in [6, 6.07) is 0. The second kappa shape index (κ2) is 4.01. The zero-order valence-corrected chi connectivity index (χ0v) is 13.4. The number of fused-ring (bicyclic) bond motifs is 1. The first-order valence-electron chi connectivity index (χ1n) is 3.83. The van der Waals surface area contributed by atoms with Crippen molar-refractivity contribution in [2.75, 3.05) is 6.54 Å². The number of hydrogen-bond acceptors (Lipinski definition) is 2. The molecule has 7 heteroatoms. The van der Waals surface area contributed by atoms with Gasteiger partial charge in [0.05, 0.1) is 10.0 Å². The van der Waals surface area contributed by atoms with Gasteiger partial charge in [0.25, 0.3) is 5.69 Å². The minimum atomic E-state index is 0.0927. The first-order chi connectivity index (χ1) is 6.95. The summed E-state index contributed by atoms with van der Waals surface area (Å²) < 4.78 is 3.78. The van der Waals surface area contributed by atoms with Crippen molar-refractivity contribution in [1.82, 2.24) is 0 Å². The Hall–Kier alpha value is 0.410. The van der Waals surface area contributed by atoms with Gasteiger partial charge in [-0.15, -0.1) is 0 Å². The lowest BCUT2D eigenvalue weighted by Gasteiger charge is -2.04. The molecule has 1 aliphatic heterocycles. The van der Waals surface area contributed by atoms with Gasteiger partial charge >= 0.3 is 0 Å². The van der Waals surface area contributed by atoms with Gasteiger partial charge in [0, 0.05) is 18.6 Å². The Kier molecular flexibility index (Phi) is 3.18. The van der Waals surface area contributed by atoms with E-state index in [4.69, 9.17) is 5.41 Å². The number of halogens is 4.